The molecule has 1 amide bonds. The van der Waals surface area contributed by atoms with E-state index in [-0.39, 0.29) is 23.1 Å². The Labute approximate surface area is 130 Å². The van der Waals surface area contributed by atoms with Crippen LogP contribution in [-0.2, 0) is 0 Å². The van der Waals surface area contributed by atoms with Crippen LogP contribution in [0, 0.1) is 0 Å². The van der Waals surface area contributed by atoms with Crippen molar-refractivity contribution in [1.82, 2.24) is 5.32 Å². The highest BCUT2D eigenvalue weighted by Gasteiger charge is 2.15. The maximum Gasteiger partial charge on any atom is 0.255 e. The maximum absolute atomic E-state index is 12.2. The molecule has 4 nitrogen and oxygen atoms in total. The van der Waals surface area contributed by atoms with Gasteiger partial charge >= 0.3 is 0 Å². The van der Waals surface area contributed by atoms with Crippen LogP contribution >= 0.6 is 0 Å². The lowest BCUT2D eigenvalue weighted by Gasteiger charge is -2.16. The van der Waals surface area contributed by atoms with Crippen molar-refractivity contribution in [3.8, 4) is 11.5 Å². The Hall–Kier alpha value is -2.49. The van der Waals surface area contributed by atoms with Gasteiger partial charge in [-0.25, -0.2) is 0 Å². The molecule has 1 atom stereocenters. The summed E-state index contributed by atoms with van der Waals surface area (Å²) < 4.78 is 5.01. The zero-order chi connectivity index (χ0) is 15.9. The van der Waals surface area contributed by atoms with E-state index in [9.17, 15) is 9.90 Å². The number of nitrogens with one attached hydrogen (secondary N) is 1. The van der Waals surface area contributed by atoms with Crippen LogP contribution in [0.2, 0.25) is 0 Å². The third-order valence-corrected chi connectivity index (χ3v) is 3.72. The van der Waals surface area contributed by atoms with Crippen LogP contribution in [0.4, 0.5) is 0 Å². The first-order chi connectivity index (χ1) is 10.7. The van der Waals surface area contributed by atoms with Crippen molar-refractivity contribution in [3.05, 3.63) is 59.7 Å². The van der Waals surface area contributed by atoms with Gasteiger partial charge in [0.1, 0.15) is 11.5 Å². The topological polar surface area (TPSA) is 58.6 Å². The van der Waals surface area contributed by atoms with Crippen molar-refractivity contribution in [2.75, 3.05) is 13.7 Å². The van der Waals surface area contributed by atoms with Gasteiger partial charge in [-0.2, -0.15) is 0 Å². The highest BCUT2D eigenvalue weighted by Crippen LogP contribution is 2.24. The molecule has 2 N–H and O–H groups in total. The van der Waals surface area contributed by atoms with E-state index >= 15 is 0 Å². The second-order valence-electron chi connectivity index (χ2n) is 5.11. The van der Waals surface area contributed by atoms with Crippen molar-refractivity contribution in [3.63, 3.8) is 0 Å². The minimum Gasteiger partial charge on any atom is -0.507 e. The zero-order valence-corrected chi connectivity index (χ0v) is 12.9. The Kier molecular flexibility index (Phi) is 5.42. The molecule has 116 valence electrons. The van der Waals surface area contributed by atoms with Crippen LogP contribution in [0.5, 0.6) is 11.5 Å². The average Bonchev–Trinajstić information content (AvgIpc) is 2.56. The Bertz CT molecular complexity index is 625. The Morgan fingerprint density at radius 2 is 1.95 bits per heavy atom. The minimum absolute atomic E-state index is 0.0791. The summed E-state index contributed by atoms with van der Waals surface area (Å²) in [6.07, 6.45) is 0.929. The summed E-state index contributed by atoms with van der Waals surface area (Å²) >= 11 is 0. The zero-order valence-electron chi connectivity index (χ0n) is 12.9. The molecule has 0 radical (unpaired) electrons. The van der Waals surface area contributed by atoms with E-state index in [0.717, 1.165) is 6.42 Å². The fourth-order valence-electron chi connectivity index (χ4n) is 2.36. The number of phenols is 1. The molecule has 0 aliphatic heterocycles. The molecule has 2 rings (SSSR count). The monoisotopic (exact) mass is 299 g/mol. The number of methoxy groups -OCH3 is 1. The van der Waals surface area contributed by atoms with Crippen molar-refractivity contribution in [1.29, 1.82) is 0 Å². The van der Waals surface area contributed by atoms with Gasteiger partial charge in [0, 0.05) is 18.5 Å². The molecule has 0 saturated heterocycles. The van der Waals surface area contributed by atoms with Gasteiger partial charge in [0.2, 0.25) is 0 Å². The molecule has 0 saturated carbocycles. The average molecular weight is 299 g/mol. The van der Waals surface area contributed by atoms with Crippen LogP contribution < -0.4 is 10.1 Å². The van der Waals surface area contributed by atoms with Gasteiger partial charge in [0.15, 0.2) is 0 Å². The molecule has 4 heteroatoms. The quantitative estimate of drug-likeness (QED) is 0.860. The van der Waals surface area contributed by atoms with Gasteiger partial charge in [-0.3, -0.25) is 4.79 Å². The summed E-state index contributed by atoms with van der Waals surface area (Å²) in [5.41, 5.74) is 1.45. The predicted octanol–water partition coefficient (Wildman–Crippen LogP) is 3.32. The molecule has 0 aliphatic carbocycles. The first kappa shape index (κ1) is 15.9. The molecule has 0 aliphatic rings. The smallest absolute Gasteiger partial charge is 0.255 e. The number of carbonyl (C=O) groups excluding carboxylic acids is 1. The van der Waals surface area contributed by atoms with Gasteiger partial charge in [0.05, 0.1) is 12.7 Å². The van der Waals surface area contributed by atoms with Gasteiger partial charge in [0.25, 0.3) is 5.91 Å². The van der Waals surface area contributed by atoms with E-state index < -0.39 is 0 Å². The summed E-state index contributed by atoms with van der Waals surface area (Å²) in [4.78, 5) is 12.2. The molecule has 2 aromatic carbocycles. The number of hydrogen-bond donors (Lipinski definition) is 2. The fourth-order valence-corrected chi connectivity index (χ4v) is 2.36. The molecule has 0 bridgehead atoms. The van der Waals surface area contributed by atoms with Crippen molar-refractivity contribution in [2.45, 2.75) is 19.3 Å². The summed E-state index contributed by atoms with van der Waals surface area (Å²) in [5, 5.41) is 12.8. The number of amides is 1. The van der Waals surface area contributed by atoms with E-state index in [1.807, 2.05) is 18.2 Å². The minimum atomic E-state index is -0.283. The number of rotatable bonds is 6. The molecule has 0 spiro atoms. The molecule has 22 heavy (non-hydrogen) atoms. The van der Waals surface area contributed by atoms with Crippen molar-refractivity contribution >= 4 is 5.91 Å². The van der Waals surface area contributed by atoms with Gasteiger partial charge < -0.3 is 15.2 Å². The van der Waals surface area contributed by atoms with E-state index in [1.54, 1.807) is 12.1 Å². The lowest BCUT2D eigenvalue weighted by Crippen LogP contribution is -2.28. The van der Waals surface area contributed by atoms with E-state index in [2.05, 4.69) is 24.4 Å². The third kappa shape index (κ3) is 3.79. The summed E-state index contributed by atoms with van der Waals surface area (Å²) in [6, 6.07) is 14.7. The Balaban J connectivity index is 2.03. The highest BCUT2D eigenvalue weighted by molar-refractivity contribution is 5.97. The molecular formula is C18H21NO3. The van der Waals surface area contributed by atoms with E-state index in [1.165, 1.54) is 18.7 Å². The second kappa shape index (κ2) is 7.50. The number of benzene rings is 2. The number of hydrogen-bond acceptors (Lipinski definition) is 3. The molecule has 0 aromatic heterocycles. The number of carbonyl (C=O) groups is 1. The molecule has 1 unspecified atom stereocenters. The Morgan fingerprint density at radius 1 is 1.23 bits per heavy atom. The van der Waals surface area contributed by atoms with Gasteiger partial charge in [-0.1, -0.05) is 37.3 Å². The normalized spacial score (nSPS) is 11.7. The predicted molar refractivity (Wildman–Crippen MR) is 86.5 cm³/mol. The molecule has 0 heterocycles. The first-order valence-corrected chi connectivity index (χ1v) is 7.35. The molecular weight excluding hydrogens is 278 g/mol. The summed E-state index contributed by atoms with van der Waals surface area (Å²) in [6.45, 7) is 2.62. The summed E-state index contributed by atoms with van der Waals surface area (Å²) in [5.74, 6) is 0.412. The van der Waals surface area contributed by atoms with Crippen molar-refractivity contribution < 1.29 is 14.6 Å². The SMILES string of the molecule is CCC(CNC(=O)c1ccc(OC)cc1O)c1ccccc1. The van der Waals surface area contributed by atoms with Crippen molar-refractivity contribution in [2.24, 2.45) is 0 Å². The van der Waals surface area contributed by atoms with E-state index in [4.69, 9.17) is 4.74 Å². The number of ether oxygens (including phenoxy) is 1. The largest absolute Gasteiger partial charge is 0.507 e. The number of aromatic hydroxyl groups is 1. The molecule has 2 aromatic rings. The highest BCUT2D eigenvalue weighted by atomic mass is 16.5. The van der Waals surface area contributed by atoms with Crippen LogP contribution in [0.1, 0.15) is 35.2 Å². The van der Waals surface area contributed by atoms with Gasteiger partial charge in [-0.05, 0) is 24.1 Å². The standard InChI is InChI=1S/C18H21NO3/c1-3-13(14-7-5-4-6-8-14)12-19-18(21)16-10-9-15(22-2)11-17(16)20/h4-11,13,20H,3,12H2,1-2H3,(H,19,21). The lowest BCUT2D eigenvalue weighted by molar-refractivity contribution is 0.0948. The lowest BCUT2D eigenvalue weighted by atomic mass is 9.96. The molecule has 0 fully saturated rings. The summed E-state index contributed by atoms with van der Waals surface area (Å²) in [7, 11) is 1.51. The van der Waals surface area contributed by atoms with Crippen LogP contribution in [-0.4, -0.2) is 24.7 Å². The third-order valence-electron chi connectivity index (χ3n) is 3.72. The maximum atomic E-state index is 12.2. The Morgan fingerprint density at radius 3 is 2.55 bits per heavy atom. The number of phenolic OH excluding ortho intramolecular Hbond substituents is 1. The first-order valence-electron chi connectivity index (χ1n) is 7.35. The van der Waals surface area contributed by atoms with Crippen LogP contribution in [0.25, 0.3) is 0 Å². The van der Waals surface area contributed by atoms with Crippen LogP contribution in [0.3, 0.4) is 0 Å². The fraction of sp³-hybridized carbons (Fsp3) is 0.278. The second-order valence-corrected chi connectivity index (χ2v) is 5.11. The van der Waals surface area contributed by atoms with Crippen LogP contribution in [0.15, 0.2) is 48.5 Å². The van der Waals surface area contributed by atoms with E-state index in [0.29, 0.717) is 12.3 Å². The van der Waals surface area contributed by atoms with Gasteiger partial charge in [-0.15, -0.1) is 0 Å².